The lowest BCUT2D eigenvalue weighted by molar-refractivity contribution is -0.137. The molecule has 3 nitrogen and oxygen atoms in total. The molecule has 2 rings (SSSR count). The molecule has 0 aromatic carbocycles. The van der Waals surface area contributed by atoms with Crippen molar-refractivity contribution < 1.29 is 14.7 Å². The second-order valence-electron chi connectivity index (χ2n) is 8.45. The molecule has 0 aliphatic heterocycles. The van der Waals surface area contributed by atoms with E-state index in [9.17, 15) is 9.59 Å². The summed E-state index contributed by atoms with van der Waals surface area (Å²) in [5.74, 6) is -0.351. The lowest BCUT2D eigenvalue weighted by Gasteiger charge is -2.58. The first-order valence-corrected chi connectivity index (χ1v) is 8.68. The topological polar surface area (TPSA) is 54.4 Å². The second-order valence-corrected chi connectivity index (χ2v) is 8.45. The van der Waals surface area contributed by atoms with Crippen LogP contribution in [-0.4, -0.2) is 16.9 Å². The minimum atomic E-state index is -0.992. The van der Waals surface area contributed by atoms with Gasteiger partial charge in [-0.25, -0.2) is 0 Å². The highest BCUT2D eigenvalue weighted by atomic mass is 16.4. The van der Waals surface area contributed by atoms with E-state index in [0.717, 1.165) is 24.8 Å². The van der Waals surface area contributed by atoms with Crippen molar-refractivity contribution in [1.29, 1.82) is 0 Å². The van der Waals surface area contributed by atoms with Crippen molar-refractivity contribution in [2.45, 2.75) is 65.7 Å². The van der Waals surface area contributed by atoms with Gasteiger partial charge in [0.1, 0.15) is 0 Å². The van der Waals surface area contributed by atoms with Crippen LogP contribution >= 0.6 is 0 Å². The molecule has 0 radical (unpaired) electrons. The average molecular weight is 318 g/mol. The lowest BCUT2D eigenvalue weighted by Crippen LogP contribution is -2.49. The highest BCUT2D eigenvalue weighted by molar-refractivity contribution is 5.98. The van der Waals surface area contributed by atoms with E-state index in [1.165, 1.54) is 12.8 Å². The SMILES string of the molecule is C=C(CC(=O)O)C(=O)C[C@H]1C(=C)CC[C@H]2C(C)(C)CCC[C@]12C. The van der Waals surface area contributed by atoms with E-state index in [2.05, 4.69) is 33.9 Å². The highest BCUT2D eigenvalue weighted by Gasteiger charge is 2.53. The highest BCUT2D eigenvalue weighted by Crippen LogP contribution is 2.61. The van der Waals surface area contributed by atoms with Crippen LogP contribution in [0.1, 0.15) is 65.7 Å². The van der Waals surface area contributed by atoms with Crippen LogP contribution in [0, 0.1) is 22.7 Å². The maximum absolute atomic E-state index is 12.5. The summed E-state index contributed by atoms with van der Waals surface area (Å²) >= 11 is 0. The number of Topliss-reactive ketones (excluding diaryl/α,β-unsaturated/α-hetero) is 1. The number of allylic oxidation sites excluding steroid dienone is 1. The molecule has 2 aliphatic rings. The minimum absolute atomic E-state index is 0.0935. The van der Waals surface area contributed by atoms with Crippen LogP contribution < -0.4 is 0 Å². The lowest BCUT2D eigenvalue weighted by atomic mass is 9.47. The number of aliphatic carboxylic acids is 1. The molecule has 2 aliphatic carbocycles. The van der Waals surface area contributed by atoms with Crippen LogP contribution in [0.5, 0.6) is 0 Å². The van der Waals surface area contributed by atoms with Gasteiger partial charge in [0.2, 0.25) is 0 Å². The van der Waals surface area contributed by atoms with Crippen molar-refractivity contribution >= 4 is 11.8 Å². The Kier molecular flexibility index (Phi) is 4.89. The molecule has 0 spiro atoms. The first-order chi connectivity index (χ1) is 10.6. The fourth-order valence-electron chi connectivity index (χ4n) is 5.26. The first kappa shape index (κ1) is 18.0. The molecule has 0 heterocycles. The van der Waals surface area contributed by atoms with Gasteiger partial charge in [0.05, 0.1) is 6.42 Å². The Morgan fingerprint density at radius 3 is 2.52 bits per heavy atom. The van der Waals surface area contributed by atoms with Gasteiger partial charge in [0.15, 0.2) is 5.78 Å². The largest absolute Gasteiger partial charge is 0.481 e. The molecular formula is C20H30O3. The van der Waals surface area contributed by atoms with Gasteiger partial charge in [-0.2, -0.15) is 0 Å². The van der Waals surface area contributed by atoms with Gasteiger partial charge in [-0.3, -0.25) is 9.59 Å². The number of fused-ring (bicyclic) bond motifs is 1. The maximum atomic E-state index is 12.5. The Balaban J connectivity index is 2.22. The minimum Gasteiger partial charge on any atom is -0.481 e. The van der Waals surface area contributed by atoms with Crippen LogP contribution in [-0.2, 0) is 9.59 Å². The van der Waals surface area contributed by atoms with Crippen LogP contribution in [0.2, 0.25) is 0 Å². The molecule has 2 saturated carbocycles. The van der Waals surface area contributed by atoms with Gasteiger partial charge in [0.25, 0.3) is 0 Å². The number of rotatable bonds is 5. The van der Waals surface area contributed by atoms with Gasteiger partial charge in [-0.15, -0.1) is 0 Å². The Labute approximate surface area is 139 Å². The molecule has 2 fully saturated rings. The summed E-state index contributed by atoms with van der Waals surface area (Å²) in [5.41, 5.74) is 1.77. The second kappa shape index (κ2) is 6.26. The Morgan fingerprint density at radius 1 is 1.26 bits per heavy atom. The fraction of sp³-hybridized carbons (Fsp3) is 0.700. The number of hydrogen-bond acceptors (Lipinski definition) is 2. The van der Waals surface area contributed by atoms with E-state index in [0.29, 0.717) is 17.8 Å². The van der Waals surface area contributed by atoms with E-state index < -0.39 is 5.97 Å². The monoisotopic (exact) mass is 318 g/mol. The van der Waals surface area contributed by atoms with E-state index in [-0.39, 0.29) is 29.1 Å². The normalized spacial score (nSPS) is 32.9. The van der Waals surface area contributed by atoms with E-state index >= 15 is 0 Å². The predicted octanol–water partition coefficient (Wildman–Crippen LogP) is 4.78. The number of carbonyl (C=O) groups excluding carboxylic acids is 1. The van der Waals surface area contributed by atoms with Gasteiger partial charge < -0.3 is 5.11 Å². The van der Waals surface area contributed by atoms with E-state index in [1.54, 1.807) is 0 Å². The van der Waals surface area contributed by atoms with Crippen LogP contribution in [0.3, 0.4) is 0 Å². The van der Waals surface area contributed by atoms with Crippen molar-refractivity contribution in [2.75, 3.05) is 0 Å². The van der Waals surface area contributed by atoms with E-state index in [1.807, 2.05) is 0 Å². The standard InChI is InChI=1S/C20H30O3/c1-13-7-8-17-19(3,4)9-6-10-20(17,5)15(13)12-16(21)14(2)11-18(22)23/h15,17H,1-2,6-12H2,3-5H3,(H,22,23)/t15-,17-,20+/m0/s1. The van der Waals surface area contributed by atoms with E-state index in [4.69, 9.17) is 5.11 Å². The molecular weight excluding hydrogens is 288 g/mol. The fourth-order valence-corrected chi connectivity index (χ4v) is 5.26. The number of carboxylic acid groups (broad SMARTS) is 1. The Morgan fingerprint density at radius 2 is 1.91 bits per heavy atom. The van der Waals surface area contributed by atoms with Crippen LogP contribution in [0.4, 0.5) is 0 Å². The first-order valence-electron chi connectivity index (χ1n) is 8.68. The third kappa shape index (κ3) is 3.44. The van der Waals surface area contributed by atoms with Crippen molar-refractivity contribution in [3.05, 3.63) is 24.3 Å². The molecule has 0 bridgehead atoms. The Bertz CT molecular complexity index is 543. The number of carbonyl (C=O) groups is 2. The third-order valence-corrected chi connectivity index (χ3v) is 6.47. The summed E-state index contributed by atoms with van der Waals surface area (Å²) < 4.78 is 0. The van der Waals surface area contributed by atoms with Crippen LogP contribution in [0.25, 0.3) is 0 Å². The molecule has 0 aromatic heterocycles. The average Bonchev–Trinajstić information content (AvgIpc) is 2.40. The summed E-state index contributed by atoms with van der Waals surface area (Å²) in [5, 5.41) is 8.87. The van der Waals surface area contributed by atoms with Crippen molar-refractivity contribution in [2.24, 2.45) is 22.7 Å². The molecule has 3 atom stereocenters. The maximum Gasteiger partial charge on any atom is 0.307 e. The van der Waals surface area contributed by atoms with Gasteiger partial charge in [-0.1, -0.05) is 45.9 Å². The summed E-state index contributed by atoms with van der Waals surface area (Å²) in [6.07, 6.45) is 5.80. The zero-order valence-electron chi connectivity index (χ0n) is 14.8. The molecule has 0 unspecified atom stereocenters. The van der Waals surface area contributed by atoms with Crippen LogP contribution in [0.15, 0.2) is 24.3 Å². The summed E-state index contributed by atoms with van der Waals surface area (Å²) in [4.78, 5) is 23.3. The molecule has 0 aromatic rings. The number of carboxylic acids is 1. The van der Waals surface area contributed by atoms with Crippen molar-refractivity contribution in [3.8, 4) is 0 Å². The number of ketones is 1. The smallest absolute Gasteiger partial charge is 0.307 e. The van der Waals surface area contributed by atoms with Crippen molar-refractivity contribution in [1.82, 2.24) is 0 Å². The summed E-state index contributed by atoms with van der Waals surface area (Å²) in [7, 11) is 0. The summed E-state index contributed by atoms with van der Waals surface area (Å²) in [6, 6.07) is 0. The predicted molar refractivity (Wildman–Crippen MR) is 92.1 cm³/mol. The third-order valence-electron chi connectivity index (χ3n) is 6.47. The summed E-state index contributed by atoms with van der Waals surface area (Å²) in [6.45, 7) is 15.0. The van der Waals surface area contributed by atoms with Gasteiger partial charge in [0, 0.05) is 6.42 Å². The molecule has 0 amide bonds. The zero-order valence-corrected chi connectivity index (χ0v) is 14.8. The zero-order chi connectivity index (χ0) is 17.4. The quantitative estimate of drug-likeness (QED) is 0.586. The molecule has 23 heavy (non-hydrogen) atoms. The number of hydrogen-bond donors (Lipinski definition) is 1. The van der Waals surface area contributed by atoms with Gasteiger partial charge in [-0.05, 0) is 53.9 Å². The Hall–Kier alpha value is -1.38. The van der Waals surface area contributed by atoms with Gasteiger partial charge >= 0.3 is 5.97 Å². The van der Waals surface area contributed by atoms with Crippen molar-refractivity contribution in [3.63, 3.8) is 0 Å². The molecule has 0 saturated heterocycles. The molecule has 1 N–H and O–H groups in total. The molecule has 128 valence electrons. The molecule has 3 heteroatoms.